The van der Waals surface area contributed by atoms with Gasteiger partial charge < -0.3 is 9.88 Å². The summed E-state index contributed by atoms with van der Waals surface area (Å²) in [5.41, 5.74) is 4.69. The molecule has 0 fully saturated rings. The molecule has 1 atom stereocenters. The number of nitrogens with one attached hydrogen (secondary N) is 1. The van der Waals surface area contributed by atoms with Crippen LogP contribution in [0.5, 0.6) is 0 Å². The second kappa shape index (κ2) is 7.16. The summed E-state index contributed by atoms with van der Waals surface area (Å²) in [4.78, 5) is 31.9. The molecule has 1 aromatic carbocycles. The van der Waals surface area contributed by atoms with Crippen molar-refractivity contribution in [1.29, 1.82) is 0 Å². The van der Waals surface area contributed by atoms with Gasteiger partial charge in [0.1, 0.15) is 17.4 Å². The number of hydrogen-bond acceptors (Lipinski definition) is 5. The van der Waals surface area contributed by atoms with Gasteiger partial charge in [-0.1, -0.05) is 28.9 Å². The number of carbonyl (C=O) groups is 2. The van der Waals surface area contributed by atoms with Crippen molar-refractivity contribution >= 4 is 46.1 Å². The summed E-state index contributed by atoms with van der Waals surface area (Å²) >= 11 is 6.12. The highest BCUT2D eigenvalue weighted by atomic mass is 35.5. The quantitative estimate of drug-likeness (QED) is 0.517. The third kappa shape index (κ3) is 2.96. The van der Waals surface area contributed by atoms with Gasteiger partial charge in [0, 0.05) is 32.2 Å². The van der Waals surface area contributed by atoms with Crippen molar-refractivity contribution in [2.45, 2.75) is 19.9 Å². The van der Waals surface area contributed by atoms with Crippen molar-refractivity contribution in [1.82, 2.24) is 24.5 Å². The number of hydrogen-bond donors (Lipinski definition) is 1. The Morgan fingerprint density at radius 1 is 1.19 bits per heavy atom. The number of fused-ring (bicyclic) bond motifs is 2. The van der Waals surface area contributed by atoms with E-state index in [1.54, 1.807) is 35.0 Å². The molecule has 0 radical (unpaired) electrons. The van der Waals surface area contributed by atoms with Crippen LogP contribution in [0.25, 0.3) is 11.2 Å². The van der Waals surface area contributed by atoms with Crippen molar-refractivity contribution in [3.8, 4) is 0 Å². The molecule has 162 valence electrons. The monoisotopic (exact) mass is 449 g/mol. The zero-order valence-electron chi connectivity index (χ0n) is 17.9. The number of carbonyl (C=O) groups excluding carboxylic acids is 2. The summed E-state index contributed by atoms with van der Waals surface area (Å²) in [5.74, 6) is -0.00922. The van der Waals surface area contributed by atoms with Gasteiger partial charge in [0.25, 0.3) is 5.91 Å². The number of nitrogens with zero attached hydrogens (tertiary/aromatic N) is 6. The number of rotatable bonds is 3. The predicted molar refractivity (Wildman–Crippen MR) is 121 cm³/mol. The Bertz CT molecular complexity index is 1400. The third-order valence-electron chi connectivity index (χ3n) is 5.66. The first kappa shape index (κ1) is 20.2. The average Bonchev–Trinajstić information content (AvgIpc) is 3.36. The van der Waals surface area contributed by atoms with Crippen LogP contribution in [0.2, 0.25) is 5.02 Å². The van der Waals surface area contributed by atoms with E-state index >= 15 is 0 Å². The van der Waals surface area contributed by atoms with E-state index in [9.17, 15) is 9.59 Å². The smallest absolute Gasteiger partial charge is 0.264 e. The Morgan fingerprint density at radius 3 is 2.59 bits per heavy atom. The highest BCUT2D eigenvalue weighted by molar-refractivity contribution is 6.30. The fourth-order valence-electron chi connectivity index (χ4n) is 4.29. The first-order valence-electron chi connectivity index (χ1n) is 9.99. The molecule has 9 nitrogen and oxygen atoms in total. The van der Waals surface area contributed by atoms with Crippen molar-refractivity contribution in [3.63, 3.8) is 0 Å². The lowest BCUT2D eigenvalue weighted by Crippen LogP contribution is -2.30. The van der Waals surface area contributed by atoms with Crippen LogP contribution in [-0.4, -0.2) is 36.4 Å². The molecule has 1 unspecified atom stereocenters. The number of pyridine rings is 1. The van der Waals surface area contributed by atoms with Crippen molar-refractivity contribution in [2.75, 3.05) is 10.2 Å². The molecule has 0 aliphatic carbocycles. The number of aromatic nitrogens is 5. The van der Waals surface area contributed by atoms with E-state index in [1.165, 1.54) is 6.92 Å². The van der Waals surface area contributed by atoms with E-state index in [2.05, 4.69) is 15.6 Å². The van der Waals surface area contributed by atoms with Crippen LogP contribution >= 0.6 is 11.6 Å². The number of halogens is 1. The largest absolute Gasteiger partial charge is 0.350 e. The minimum atomic E-state index is -0.451. The van der Waals surface area contributed by atoms with E-state index in [0.717, 1.165) is 16.8 Å². The lowest BCUT2D eigenvalue weighted by molar-refractivity contribution is -0.114. The molecule has 5 rings (SSSR count). The van der Waals surface area contributed by atoms with Crippen LogP contribution in [0.15, 0.2) is 36.5 Å². The van der Waals surface area contributed by atoms with E-state index in [-0.39, 0.29) is 11.8 Å². The van der Waals surface area contributed by atoms with Gasteiger partial charge in [0.15, 0.2) is 5.65 Å². The Morgan fingerprint density at radius 2 is 1.91 bits per heavy atom. The third-order valence-corrected chi connectivity index (χ3v) is 5.91. The van der Waals surface area contributed by atoms with Crippen LogP contribution in [0, 0.1) is 6.92 Å². The minimum Gasteiger partial charge on any atom is -0.350 e. The first-order valence-corrected chi connectivity index (χ1v) is 10.4. The van der Waals surface area contributed by atoms with Gasteiger partial charge in [0.05, 0.1) is 16.9 Å². The summed E-state index contributed by atoms with van der Waals surface area (Å²) in [6.07, 6.45) is 1.76. The summed E-state index contributed by atoms with van der Waals surface area (Å²) < 4.78 is 3.45. The molecule has 0 saturated heterocycles. The molecule has 4 heterocycles. The van der Waals surface area contributed by atoms with Gasteiger partial charge in [-0.25, -0.2) is 9.67 Å². The van der Waals surface area contributed by atoms with Crippen LogP contribution in [0.4, 0.5) is 11.5 Å². The predicted octanol–water partition coefficient (Wildman–Crippen LogP) is 3.37. The highest BCUT2D eigenvalue weighted by Gasteiger charge is 2.44. The van der Waals surface area contributed by atoms with Crippen molar-refractivity contribution in [3.05, 3.63) is 63.9 Å². The molecule has 0 spiro atoms. The maximum absolute atomic E-state index is 13.8. The standard InChI is InChI=1S/C22H20ClN7O2/c1-11-9-16(25-21-18(11)26-27-29(21)4)30-19(13-5-7-14(23)8-6-13)20-17(22(30)32)15(10-28(20)3)24-12(2)31/h5-10,19H,1-4H3,(H,24,31). The maximum atomic E-state index is 13.8. The Labute approximate surface area is 188 Å². The number of aryl methyl sites for hydroxylation is 3. The number of benzene rings is 1. The molecular formula is C22H20ClN7O2. The molecule has 10 heteroatoms. The van der Waals surface area contributed by atoms with Crippen LogP contribution in [-0.2, 0) is 18.9 Å². The molecule has 4 aromatic rings. The average molecular weight is 450 g/mol. The molecular weight excluding hydrogens is 430 g/mol. The lowest BCUT2D eigenvalue weighted by atomic mass is 10.0. The van der Waals surface area contributed by atoms with Crippen LogP contribution in [0.3, 0.4) is 0 Å². The molecule has 0 bridgehead atoms. The van der Waals surface area contributed by atoms with Gasteiger partial charge in [-0.3, -0.25) is 14.5 Å². The summed E-state index contributed by atoms with van der Waals surface area (Å²) in [7, 11) is 3.62. The van der Waals surface area contributed by atoms with Gasteiger partial charge in [-0.15, -0.1) is 5.10 Å². The molecule has 32 heavy (non-hydrogen) atoms. The first-order chi connectivity index (χ1) is 15.3. The zero-order chi connectivity index (χ0) is 22.7. The van der Waals surface area contributed by atoms with Crippen molar-refractivity contribution in [2.24, 2.45) is 14.1 Å². The SMILES string of the molecule is CC(=O)Nc1cn(C)c2c1C(=O)N(c1cc(C)c3nnn(C)c3n1)C2c1ccc(Cl)cc1. The summed E-state index contributed by atoms with van der Waals surface area (Å²) in [6.45, 7) is 3.33. The second-order valence-electron chi connectivity index (χ2n) is 7.91. The minimum absolute atomic E-state index is 0.245. The van der Waals surface area contributed by atoms with Gasteiger partial charge in [-0.05, 0) is 36.2 Å². The summed E-state index contributed by atoms with van der Waals surface area (Å²) in [5, 5.41) is 11.6. The molecule has 1 aliphatic heterocycles. The molecule has 2 amide bonds. The molecule has 0 saturated carbocycles. The fraction of sp³-hybridized carbons (Fsp3) is 0.227. The van der Waals surface area contributed by atoms with Crippen LogP contribution in [0.1, 0.15) is 40.1 Å². The Balaban J connectivity index is 1.75. The number of anilines is 2. The van der Waals surface area contributed by atoms with Gasteiger partial charge in [-0.2, -0.15) is 0 Å². The fourth-order valence-corrected chi connectivity index (χ4v) is 4.41. The normalized spacial score (nSPS) is 15.5. The maximum Gasteiger partial charge on any atom is 0.264 e. The van der Waals surface area contributed by atoms with Crippen molar-refractivity contribution < 1.29 is 9.59 Å². The lowest BCUT2D eigenvalue weighted by Gasteiger charge is -2.26. The van der Waals surface area contributed by atoms with Gasteiger partial charge in [0.2, 0.25) is 5.91 Å². The van der Waals surface area contributed by atoms with Crippen LogP contribution < -0.4 is 10.2 Å². The number of amides is 2. The second-order valence-corrected chi connectivity index (χ2v) is 8.34. The molecule has 1 N–H and O–H groups in total. The van der Waals surface area contributed by atoms with E-state index < -0.39 is 6.04 Å². The summed E-state index contributed by atoms with van der Waals surface area (Å²) in [6, 6.07) is 8.76. The van der Waals surface area contributed by atoms with E-state index in [4.69, 9.17) is 16.6 Å². The molecule has 3 aromatic heterocycles. The van der Waals surface area contributed by atoms with E-state index in [1.807, 2.05) is 36.7 Å². The van der Waals surface area contributed by atoms with E-state index in [0.29, 0.717) is 33.3 Å². The Hall–Kier alpha value is -3.72. The van der Waals surface area contributed by atoms with Gasteiger partial charge >= 0.3 is 0 Å². The highest BCUT2D eigenvalue weighted by Crippen LogP contribution is 2.45. The Kier molecular flexibility index (Phi) is 4.52. The molecule has 1 aliphatic rings. The topological polar surface area (TPSA) is 97.9 Å². The zero-order valence-corrected chi connectivity index (χ0v) is 18.7.